The molecule has 5 heteroatoms. The fourth-order valence-electron chi connectivity index (χ4n) is 2.02. The van der Waals surface area contributed by atoms with Crippen molar-refractivity contribution in [2.45, 2.75) is 24.8 Å². The second-order valence-electron chi connectivity index (χ2n) is 3.70. The van der Waals surface area contributed by atoms with Crippen molar-refractivity contribution in [3.05, 3.63) is 0 Å². The summed E-state index contributed by atoms with van der Waals surface area (Å²) in [7, 11) is -2.89. The number of nitrogens with one attached hydrogen (secondary N) is 1. The molecule has 2 fully saturated rings. The second kappa shape index (κ2) is 2.22. The van der Waals surface area contributed by atoms with Gasteiger partial charge in [-0.25, -0.2) is 8.42 Å². The average molecular weight is 189 g/mol. The molecule has 68 valence electrons. The summed E-state index contributed by atoms with van der Waals surface area (Å²) >= 11 is 0. The summed E-state index contributed by atoms with van der Waals surface area (Å²) in [6, 6.07) is 0. The Bertz CT molecular complexity index is 312. The molecule has 0 saturated carbocycles. The molecule has 2 heterocycles. The third-order valence-corrected chi connectivity index (χ3v) is 4.41. The third-order valence-electron chi connectivity index (χ3n) is 2.51. The Labute approximate surface area is 71.3 Å². The van der Waals surface area contributed by atoms with Crippen molar-refractivity contribution in [2.75, 3.05) is 11.5 Å². The van der Waals surface area contributed by atoms with E-state index in [-0.39, 0.29) is 23.0 Å². The predicted octanol–water partition coefficient (Wildman–Crippen LogP) is -0.546. The molecule has 0 aromatic rings. The lowest BCUT2D eigenvalue weighted by molar-refractivity contribution is -0.132. The first-order valence-electron chi connectivity index (χ1n) is 4.03. The molecule has 0 bridgehead atoms. The van der Waals surface area contributed by atoms with E-state index in [0.29, 0.717) is 12.8 Å². The van der Waals surface area contributed by atoms with E-state index >= 15 is 0 Å². The van der Waals surface area contributed by atoms with E-state index in [1.807, 2.05) is 0 Å². The van der Waals surface area contributed by atoms with Crippen LogP contribution in [0.2, 0.25) is 0 Å². The quantitative estimate of drug-likeness (QED) is 0.520. The van der Waals surface area contributed by atoms with E-state index in [4.69, 9.17) is 0 Å². The lowest BCUT2D eigenvalue weighted by Crippen LogP contribution is -2.65. The zero-order valence-corrected chi connectivity index (χ0v) is 7.49. The normalized spacial score (nSPS) is 38.8. The van der Waals surface area contributed by atoms with Gasteiger partial charge in [0, 0.05) is 0 Å². The van der Waals surface area contributed by atoms with Crippen molar-refractivity contribution in [2.24, 2.45) is 0 Å². The molecule has 1 amide bonds. The maximum atomic E-state index is 11.2. The first-order chi connectivity index (χ1) is 5.52. The Balaban J connectivity index is 2.15. The second-order valence-corrected chi connectivity index (χ2v) is 5.88. The van der Waals surface area contributed by atoms with Gasteiger partial charge in [0.2, 0.25) is 5.91 Å². The summed E-state index contributed by atoms with van der Waals surface area (Å²) in [6.07, 6.45) is 1.90. The van der Waals surface area contributed by atoms with Crippen molar-refractivity contribution in [1.29, 1.82) is 0 Å². The zero-order valence-electron chi connectivity index (χ0n) is 6.67. The monoisotopic (exact) mass is 189 g/mol. The van der Waals surface area contributed by atoms with E-state index in [0.717, 1.165) is 6.42 Å². The lowest BCUT2D eigenvalue weighted by Gasteiger charge is -2.44. The van der Waals surface area contributed by atoms with Crippen LogP contribution in [0.4, 0.5) is 0 Å². The number of sulfone groups is 1. The Hall–Kier alpha value is -0.580. The number of hydrogen-bond acceptors (Lipinski definition) is 3. The molecule has 1 N–H and O–H groups in total. The van der Waals surface area contributed by atoms with Crippen LogP contribution < -0.4 is 5.32 Å². The van der Waals surface area contributed by atoms with Gasteiger partial charge in [0.15, 0.2) is 9.84 Å². The minimum Gasteiger partial charge on any atom is -0.349 e. The number of rotatable bonds is 0. The number of amides is 1. The van der Waals surface area contributed by atoms with Gasteiger partial charge in [0.05, 0.1) is 23.5 Å². The summed E-state index contributed by atoms with van der Waals surface area (Å²) in [5.41, 5.74) is -0.381. The standard InChI is InChI=1S/C7H11NO3S/c9-6-4-7(8-6)2-1-3-12(10,11)5-7/h1-5H2,(H,8,9). The van der Waals surface area contributed by atoms with Crippen LogP contribution in [0.15, 0.2) is 0 Å². The van der Waals surface area contributed by atoms with Gasteiger partial charge in [0.1, 0.15) is 0 Å². The predicted molar refractivity (Wildman–Crippen MR) is 43.4 cm³/mol. The van der Waals surface area contributed by atoms with Crippen LogP contribution in [-0.4, -0.2) is 31.4 Å². The van der Waals surface area contributed by atoms with E-state index in [1.165, 1.54) is 0 Å². The van der Waals surface area contributed by atoms with Crippen molar-refractivity contribution in [1.82, 2.24) is 5.32 Å². The summed E-state index contributed by atoms with van der Waals surface area (Å²) in [5.74, 6) is 0.406. The SMILES string of the molecule is O=C1CC2(CCCS(=O)(=O)C2)N1. The molecule has 1 unspecified atom stereocenters. The molecule has 2 saturated heterocycles. The minimum atomic E-state index is -2.89. The molecule has 12 heavy (non-hydrogen) atoms. The first-order valence-corrected chi connectivity index (χ1v) is 5.85. The molecular formula is C7H11NO3S. The number of β-lactam (4-membered cyclic amide) rings is 1. The molecule has 0 aliphatic carbocycles. The number of hydrogen-bond donors (Lipinski definition) is 1. The molecule has 0 aromatic heterocycles. The molecule has 2 aliphatic heterocycles. The largest absolute Gasteiger partial charge is 0.349 e. The molecule has 0 aromatic carbocycles. The lowest BCUT2D eigenvalue weighted by atomic mass is 9.84. The number of carbonyl (C=O) groups is 1. The molecule has 1 atom stereocenters. The van der Waals surface area contributed by atoms with Crippen LogP contribution in [0.3, 0.4) is 0 Å². The van der Waals surface area contributed by atoms with Gasteiger partial charge < -0.3 is 5.32 Å². The molecule has 1 spiro atoms. The zero-order chi connectivity index (χ0) is 8.82. The van der Waals surface area contributed by atoms with Crippen LogP contribution in [0.1, 0.15) is 19.3 Å². The summed E-state index contributed by atoms with van der Waals surface area (Å²) < 4.78 is 22.4. The number of carbonyl (C=O) groups excluding carboxylic acids is 1. The van der Waals surface area contributed by atoms with Gasteiger partial charge in [-0.05, 0) is 12.8 Å². The molecular weight excluding hydrogens is 178 g/mol. The average Bonchev–Trinajstić information content (AvgIpc) is 1.81. The highest BCUT2D eigenvalue weighted by atomic mass is 32.2. The van der Waals surface area contributed by atoms with E-state index in [9.17, 15) is 13.2 Å². The highest BCUT2D eigenvalue weighted by Gasteiger charge is 2.47. The van der Waals surface area contributed by atoms with E-state index in [2.05, 4.69) is 5.32 Å². The summed E-state index contributed by atoms with van der Waals surface area (Å²) in [6.45, 7) is 0. The van der Waals surface area contributed by atoms with E-state index < -0.39 is 9.84 Å². The molecule has 2 rings (SSSR count). The fraction of sp³-hybridized carbons (Fsp3) is 0.857. The maximum Gasteiger partial charge on any atom is 0.222 e. The van der Waals surface area contributed by atoms with Crippen molar-refractivity contribution < 1.29 is 13.2 Å². The molecule has 4 nitrogen and oxygen atoms in total. The van der Waals surface area contributed by atoms with Crippen LogP contribution in [-0.2, 0) is 14.6 Å². The summed E-state index contributed by atoms with van der Waals surface area (Å²) in [5, 5.41) is 2.70. The van der Waals surface area contributed by atoms with Crippen molar-refractivity contribution in [3.8, 4) is 0 Å². The Morgan fingerprint density at radius 1 is 1.42 bits per heavy atom. The highest BCUT2D eigenvalue weighted by molar-refractivity contribution is 7.91. The molecule has 0 radical (unpaired) electrons. The van der Waals surface area contributed by atoms with E-state index in [1.54, 1.807) is 0 Å². The van der Waals surface area contributed by atoms with Crippen LogP contribution in [0.5, 0.6) is 0 Å². The smallest absolute Gasteiger partial charge is 0.222 e. The Kier molecular flexibility index (Phi) is 1.49. The summed E-state index contributed by atoms with van der Waals surface area (Å²) in [4.78, 5) is 10.7. The first kappa shape index (κ1) is 8.04. The van der Waals surface area contributed by atoms with Crippen LogP contribution in [0, 0.1) is 0 Å². The maximum absolute atomic E-state index is 11.2. The van der Waals surface area contributed by atoms with Gasteiger partial charge in [0.25, 0.3) is 0 Å². The highest BCUT2D eigenvalue weighted by Crippen LogP contribution is 2.31. The molecule has 2 aliphatic rings. The Morgan fingerprint density at radius 2 is 2.08 bits per heavy atom. The third kappa shape index (κ3) is 1.22. The Morgan fingerprint density at radius 3 is 2.58 bits per heavy atom. The van der Waals surface area contributed by atoms with Crippen LogP contribution in [0.25, 0.3) is 0 Å². The van der Waals surface area contributed by atoms with Crippen molar-refractivity contribution >= 4 is 15.7 Å². The van der Waals surface area contributed by atoms with Gasteiger partial charge in [-0.3, -0.25) is 4.79 Å². The van der Waals surface area contributed by atoms with Gasteiger partial charge in [-0.1, -0.05) is 0 Å². The van der Waals surface area contributed by atoms with Crippen molar-refractivity contribution in [3.63, 3.8) is 0 Å². The fourth-order valence-corrected chi connectivity index (χ4v) is 3.91. The van der Waals surface area contributed by atoms with Gasteiger partial charge in [-0.2, -0.15) is 0 Å². The van der Waals surface area contributed by atoms with Gasteiger partial charge in [-0.15, -0.1) is 0 Å². The topological polar surface area (TPSA) is 63.2 Å². The van der Waals surface area contributed by atoms with Gasteiger partial charge >= 0.3 is 0 Å². The van der Waals surface area contributed by atoms with Crippen LogP contribution >= 0.6 is 0 Å². The minimum absolute atomic E-state index is 0.0212.